The summed E-state index contributed by atoms with van der Waals surface area (Å²) in [6, 6.07) is 10.4. The predicted molar refractivity (Wildman–Crippen MR) is 67.0 cm³/mol. The maximum absolute atomic E-state index is 4.29. The van der Waals surface area contributed by atoms with Crippen molar-refractivity contribution < 1.29 is 0 Å². The van der Waals surface area contributed by atoms with Gasteiger partial charge in [0.2, 0.25) is 5.95 Å². The Kier molecular flexibility index (Phi) is 2.78. The number of fused-ring (bicyclic) bond motifs is 1. The molecule has 1 N–H and O–H groups in total. The van der Waals surface area contributed by atoms with E-state index in [2.05, 4.69) is 44.3 Å². The summed E-state index contributed by atoms with van der Waals surface area (Å²) in [5.74, 6) is 1.98. The van der Waals surface area contributed by atoms with Gasteiger partial charge >= 0.3 is 0 Å². The number of anilines is 1. The fraction of sp³-hybridized carbons (Fsp3) is 0.385. The molecule has 0 saturated carbocycles. The van der Waals surface area contributed by atoms with E-state index >= 15 is 0 Å². The molecule has 1 aromatic heterocycles. The van der Waals surface area contributed by atoms with Crippen molar-refractivity contribution in [2.24, 2.45) is 0 Å². The second-order valence-electron chi connectivity index (χ2n) is 4.39. The number of nitrogens with zero attached hydrogens (tertiary/aromatic N) is 3. The highest BCUT2D eigenvalue weighted by Gasteiger charge is 2.13. The first-order valence-corrected chi connectivity index (χ1v) is 6.13. The number of rotatable bonds is 2. The smallest absolute Gasteiger partial charge is 0.224 e. The van der Waals surface area contributed by atoms with Gasteiger partial charge in [0.25, 0.3) is 0 Å². The van der Waals surface area contributed by atoms with Gasteiger partial charge in [-0.2, -0.15) is 0 Å². The molecule has 4 heteroatoms. The fourth-order valence-corrected chi connectivity index (χ4v) is 2.21. The van der Waals surface area contributed by atoms with Gasteiger partial charge in [0.1, 0.15) is 5.82 Å². The highest BCUT2D eigenvalue weighted by atomic mass is 15.4. The SMILES string of the molecule is c1ccc(Cc2nnc3n2CCCCN3)cc1. The van der Waals surface area contributed by atoms with Gasteiger partial charge in [-0.25, -0.2) is 0 Å². The fourth-order valence-electron chi connectivity index (χ4n) is 2.21. The molecule has 1 aliphatic heterocycles. The summed E-state index contributed by atoms with van der Waals surface area (Å²) in [6.45, 7) is 2.03. The molecule has 0 saturated heterocycles. The average molecular weight is 228 g/mol. The third-order valence-electron chi connectivity index (χ3n) is 3.12. The van der Waals surface area contributed by atoms with E-state index in [1.165, 1.54) is 18.4 Å². The van der Waals surface area contributed by atoms with Gasteiger partial charge in [-0.15, -0.1) is 10.2 Å². The van der Waals surface area contributed by atoms with Crippen LogP contribution in [-0.2, 0) is 13.0 Å². The van der Waals surface area contributed by atoms with Crippen molar-refractivity contribution in [3.8, 4) is 0 Å². The van der Waals surface area contributed by atoms with Gasteiger partial charge in [0.15, 0.2) is 0 Å². The van der Waals surface area contributed by atoms with Crippen molar-refractivity contribution in [3.63, 3.8) is 0 Å². The van der Waals surface area contributed by atoms with E-state index in [-0.39, 0.29) is 0 Å². The van der Waals surface area contributed by atoms with Crippen LogP contribution in [0.4, 0.5) is 5.95 Å². The lowest BCUT2D eigenvalue weighted by Crippen LogP contribution is -2.06. The molecule has 0 radical (unpaired) electrons. The minimum absolute atomic E-state index is 0.857. The summed E-state index contributed by atoms with van der Waals surface area (Å²) in [4.78, 5) is 0. The molecule has 0 atom stereocenters. The van der Waals surface area contributed by atoms with Crippen LogP contribution < -0.4 is 5.32 Å². The Morgan fingerprint density at radius 2 is 2.00 bits per heavy atom. The van der Waals surface area contributed by atoms with Crippen molar-refractivity contribution in [3.05, 3.63) is 41.7 Å². The van der Waals surface area contributed by atoms with Gasteiger partial charge < -0.3 is 5.32 Å². The van der Waals surface area contributed by atoms with E-state index in [9.17, 15) is 0 Å². The lowest BCUT2D eigenvalue weighted by molar-refractivity contribution is 0.629. The molecular weight excluding hydrogens is 212 g/mol. The van der Waals surface area contributed by atoms with Crippen LogP contribution in [0.25, 0.3) is 0 Å². The van der Waals surface area contributed by atoms with E-state index in [4.69, 9.17) is 0 Å². The largest absolute Gasteiger partial charge is 0.354 e. The van der Waals surface area contributed by atoms with E-state index < -0.39 is 0 Å². The number of aromatic nitrogens is 3. The second-order valence-corrected chi connectivity index (χ2v) is 4.39. The Labute approximate surface area is 101 Å². The van der Waals surface area contributed by atoms with Gasteiger partial charge in [0, 0.05) is 19.5 Å². The first-order chi connectivity index (χ1) is 8.43. The third kappa shape index (κ3) is 2.16. The summed E-state index contributed by atoms with van der Waals surface area (Å²) in [6.07, 6.45) is 3.25. The first-order valence-electron chi connectivity index (χ1n) is 6.13. The Morgan fingerprint density at radius 3 is 2.88 bits per heavy atom. The number of hydrogen-bond acceptors (Lipinski definition) is 3. The molecule has 2 aromatic rings. The Hall–Kier alpha value is -1.84. The standard InChI is InChI=1S/C13H16N4/c1-2-6-11(7-3-1)10-12-15-16-13-14-8-4-5-9-17(12)13/h1-3,6-7H,4-5,8-10H2,(H,14,16). The normalized spacial score (nSPS) is 14.8. The molecular formula is C13H16N4. The van der Waals surface area contributed by atoms with Crippen molar-refractivity contribution in [2.45, 2.75) is 25.8 Å². The molecule has 0 aliphatic carbocycles. The summed E-state index contributed by atoms with van der Waals surface area (Å²) in [5.41, 5.74) is 1.28. The molecule has 0 bridgehead atoms. The van der Waals surface area contributed by atoms with Gasteiger partial charge in [0.05, 0.1) is 0 Å². The van der Waals surface area contributed by atoms with Crippen molar-refractivity contribution in [1.29, 1.82) is 0 Å². The van der Waals surface area contributed by atoms with Crippen LogP contribution >= 0.6 is 0 Å². The maximum atomic E-state index is 4.29. The van der Waals surface area contributed by atoms with Crippen LogP contribution in [0.3, 0.4) is 0 Å². The van der Waals surface area contributed by atoms with Crippen molar-refractivity contribution >= 4 is 5.95 Å². The summed E-state index contributed by atoms with van der Waals surface area (Å²) in [5, 5.41) is 11.8. The molecule has 2 heterocycles. The average Bonchev–Trinajstić information content (AvgIpc) is 2.61. The lowest BCUT2D eigenvalue weighted by atomic mass is 10.1. The number of nitrogens with one attached hydrogen (secondary N) is 1. The van der Waals surface area contributed by atoms with Crippen LogP contribution in [0.2, 0.25) is 0 Å². The molecule has 0 unspecified atom stereocenters. The molecule has 0 fully saturated rings. The van der Waals surface area contributed by atoms with Crippen LogP contribution in [0.5, 0.6) is 0 Å². The van der Waals surface area contributed by atoms with Crippen molar-refractivity contribution in [1.82, 2.24) is 14.8 Å². The second kappa shape index (κ2) is 4.57. The van der Waals surface area contributed by atoms with Crippen LogP contribution in [0.15, 0.2) is 30.3 Å². The number of benzene rings is 1. The molecule has 1 aromatic carbocycles. The minimum atomic E-state index is 0.857. The van der Waals surface area contributed by atoms with Gasteiger partial charge in [-0.1, -0.05) is 30.3 Å². The lowest BCUT2D eigenvalue weighted by Gasteiger charge is -2.06. The summed E-state index contributed by atoms with van der Waals surface area (Å²) < 4.78 is 2.21. The van der Waals surface area contributed by atoms with Crippen LogP contribution in [0, 0.1) is 0 Å². The molecule has 17 heavy (non-hydrogen) atoms. The topological polar surface area (TPSA) is 42.7 Å². The third-order valence-corrected chi connectivity index (χ3v) is 3.12. The predicted octanol–water partition coefficient (Wildman–Crippen LogP) is 2.07. The van der Waals surface area contributed by atoms with Gasteiger partial charge in [-0.05, 0) is 18.4 Å². The molecule has 1 aliphatic rings. The van der Waals surface area contributed by atoms with Crippen LogP contribution in [0.1, 0.15) is 24.2 Å². The zero-order valence-electron chi connectivity index (χ0n) is 9.76. The highest BCUT2D eigenvalue weighted by molar-refractivity contribution is 5.29. The molecule has 4 nitrogen and oxygen atoms in total. The monoisotopic (exact) mass is 228 g/mol. The Morgan fingerprint density at radius 1 is 1.12 bits per heavy atom. The van der Waals surface area contributed by atoms with Crippen LogP contribution in [-0.4, -0.2) is 21.3 Å². The highest BCUT2D eigenvalue weighted by Crippen LogP contribution is 2.16. The Bertz CT molecular complexity index is 489. The van der Waals surface area contributed by atoms with Gasteiger partial charge in [-0.3, -0.25) is 4.57 Å². The Balaban J connectivity index is 1.86. The van der Waals surface area contributed by atoms with E-state index in [0.29, 0.717) is 0 Å². The van der Waals surface area contributed by atoms with E-state index in [1.807, 2.05) is 6.07 Å². The zero-order valence-corrected chi connectivity index (χ0v) is 9.76. The minimum Gasteiger partial charge on any atom is -0.354 e. The molecule has 0 spiro atoms. The zero-order chi connectivity index (χ0) is 11.5. The maximum Gasteiger partial charge on any atom is 0.224 e. The van der Waals surface area contributed by atoms with E-state index in [0.717, 1.165) is 31.3 Å². The number of hydrogen-bond donors (Lipinski definition) is 1. The molecule has 88 valence electrons. The summed E-state index contributed by atoms with van der Waals surface area (Å²) >= 11 is 0. The molecule has 0 amide bonds. The quantitative estimate of drug-likeness (QED) is 0.855. The summed E-state index contributed by atoms with van der Waals surface area (Å²) in [7, 11) is 0. The van der Waals surface area contributed by atoms with E-state index in [1.54, 1.807) is 0 Å². The van der Waals surface area contributed by atoms with Crippen molar-refractivity contribution in [2.75, 3.05) is 11.9 Å². The molecule has 3 rings (SSSR count). The first kappa shape index (κ1) is 10.3.